The van der Waals surface area contributed by atoms with Crippen LogP contribution in [0.4, 0.5) is 0 Å². The van der Waals surface area contributed by atoms with Crippen molar-refractivity contribution in [1.82, 2.24) is 0 Å². The summed E-state index contributed by atoms with van der Waals surface area (Å²) < 4.78 is 3.73. The van der Waals surface area contributed by atoms with Crippen LogP contribution in [-0.4, -0.2) is 0 Å². The van der Waals surface area contributed by atoms with Gasteiger partial charge in [0.25, 0.3) is 0 Å². The maximum atomic E-state index is 7.12. The second-order valence-electron chi connectivity index (χ2n) is 10.7. The van der Waals surface area contributed by atoms with E-state index < -0.39 is 5.41 Å². The first-order valence-electron chi connectivity index (χ1n) is 13.6. The molecule has 0 bridgehead atoms. The highest BCUT2D eigenvalue weighted by Gasteiger charge is 2.50. The zero-order valence-corrected chi connectivity index (χ0v) is 25.6. The maximum absolute atomic E-state index is 7.12. The Bertz CT molecular complexity index is 2180. The Morgan fingerprint density at radius 3 is 2.12 bits per heavy atom. The van der Waals surface area contributed by atoms with Crippen molar-refractivity contribution >= 4 is 70.8 Å². The molecule has 2 aliphatic rings. The Kier molecular flexibility index (Phi) is 5.23. The molecule has 4 heteroatoms. The van der Waals surface area contributed by atoms with Crippen molar-refractivity contribution in [3.05, 3.63) is 153 Å². The maximum Gasteiger partial charge on any atom is 0.0735 e. The summed E-state index contributed by atoms with van der Waals surface area (Å²) in [5.74, 6) is 0. The lowest BCUT2D eigenvalue weighted by molar-refractivity contribution is 0.722. The van der Waals surface area contributed by atoms with Crippen molar-refractivity contribution < 1.29 is 0 Å². The van der Waals surface area contributed by atoms with Crippen molar-refractivity contribution in [3.8, 4) is 22.3 Å². The van der Waals surface area contributed by atoms with Crippen LogP contribution < -0.4 is 0 Å². The van der Waals surface area contributed by atoms with Gasteiger partial charge < -0.3 is 0 Å². The minimum absolute atomic E-state index is 0.418. The highest BCUT2D eigenvalue weighted by atomic mass is 79.9. The quantitative estimate of drug-likeness (QED) is 0.171. The molecule has 9 rings (SSSR count). The van der Waals surface area contributed by atoms with Gasteiger partial charge >= 0.3 is 0 Å². The molecule has 0 radical (unpaired) electrons. The Morgan fingerprint density at radius 1 is 0.610 bits per heavy atom. The molecule has 194 valence electrons. The number of thiophene rings is 1. The summed E-state index contributed by atoms with van der Waals surface area (Å²) in [4.78, 5) is 2.60. The molecule has 6 aromatic carbocycles. The fraction of sp³-hybridized carbons (Fsp3) is 0.0270. The van der Waals surface area contributed by atoms with E-state index in [1.807, 2.05) is 29.2 Å². The zero-order chi connectivity index (χ0) is 27.3. The molecular weight excluding hydrogens is 624 g/mol. The second kappa shape index (κ2) is 8.83. The van der Waals surface area contributed by atoms with Gasteiger partial charge in [-0.05, 0) is 91.3 Å². The lowest BCUT2D eigenvalue weighted by Crippen LogP contribution is -2.31. The van der Waals surface area contributed by atoms with Gasteiger partial charge in [-0.1, -0.05) is 108 Å². The van der Waals surface area contributed by atoms with Gasteiger partial charge in [0.2, 0.25) is 0 Å². The summed E-state index contributed by atoms with van der Waals surface area (Å²) in [7, 11) is 0. The average molecular weight is 644 g/mol. The SMILES string of the molecule is Clc1cccc2c1-c1cc(-c3cccc4sc5c(Br)cccc5c34)ccc1C21c2ccccc2Sc2ccccc21. The van der Waals surface area contributed by atoms with E-state index in [9.17, 15) is 0 Å². The molecule has 0 nitrogen and oxygen atoms in total. The van der Waals surface area contributed by atoms with Gasteiger partial charge in [0.1, 0.15) is 0 Å². The molecule has 1 aliphatic carbocycles. The van der Waals surface area contributed by atoms with Crippen molar-refractivity contribution in [2.45, 2.75) is 15.2 Å². The standard InChI is InChI=1S/C37H20BrClS2/c38-29-13-5-9-23-34-22(8-6-17-33(34)41-36(23)29)21-18-19-25-24(20-21)35-28(12-7-14-30(35)39)37(25)26-10-1-3-15-31(26)40-32-16-4-2-11-27(32)37/h1-20H. The summed E-state index contributed by atoms with van der Waals surface area (Å²) in [5.41, 5.74) is 9.63. The molecule has 0 unspecified atom stereocenters. The minimum atomic E-state index is -0.418. The number of hydrogen-bond acceptors (Lipinski definition) is 2. The Labute approximate surface area is 259 Å². The van der Waals surface area contributed by atoms with E-state index in [1.165, 1.54) is 68.9 Å². The van der Waals surface area contributed by atoms with Gasteiger partial charge in [0.15, 0.2) is 0 Å². The summed E-state index contributed by atoms with van der Waals surface area (Å²) >= 11 is 14.6. The predicted molar refractivity (Wildman–Crippen MR) is 179 cm³/mol. The van der Waals surface area contributed by atoms with Gasteiger partial charge in [-0.25, -0.2) is 0 Å². The molecule has 2 heterocycles. The van der Waals surface area contributed by atoms with Gasteiger partial charge in [0.05, 0.1) is 5.41 Å². The summed E-state index contributed by atoms with van der Waals surface area (Å²) in [5, 5.41) is 3.40. The fourth-order valence-corrected chi connectivity index (χ4v) is 10.3. The van der Waals surface area contributed by atoms with E-state index in [4.69, 9.17) is 11.6 Å². The summed E-state index contributed by atoms with van der Waals surface area (Å²) in [6.07, 6.45) is 0. The lowest BCUT2D eigenvalue weighted by atomic mass is 9.67. The van der Waals surface area contributed by atoms with Crippen LogP contribution in [0.15, 0.2) is 136 Å². The van der Waals surface area contributed by atoms with Crippen molar-refractivity contribution in [1.29, 1.82) is 0 Å². The number of fused-ring (bicyclic) bond motifs is 12. The third kappa shape index (κ3) is 3.18. The second-order valence-corrected chi connectivity index (χ2v) is 14.1. The van der Waals surface area contributed by atoms with Crippen LogP contribution in [0.3, 0.4) is 0 Å². The molecule has 0 fully saturated rings. The molecule has 0 saturated carbocycles. The first-order valence-corrected chi connectivity index (χ1v) is 16.4. The Morgan fingerprint density at radius 2 is 1.32 bits per heavy atom. The fourth-order valence-electron chi connectivity index (χ4n) is 7.13. The molecule has 7 aromatic rings. The average Bonchev–Trinajstić information content (AvgIpc) is 3.53. The molecular formula is C37H20BrClS2. The Balaban J connectivity index is 1.39. The smallest absolute Gasteiger partial charge is 0.0735 e. The van der Waals surface area contributed by atoms with E-state index in [0.717, 1.165) is 15.1 Å². The molecule has 0 amide bonds. The largest absolute Gasteiger partial charge is 0.134 e. The molecule has 1 spiro atoms. The molecule has 0 N–H and O–H groups in total. The first kappa shape index (κ1) is 24.3. The summed E-state index contributed by atoms with van der Waals surface area (Å²) in [6.45, 7) is 0. The van der Waals surface area contributed by atoms with Crippen molar-refractivity contribution in [2.75, 3.05) is 0 Å². The van der Waals surface area contributed by atoms with E-state index >= 15 is 0 Å². The predicted octanol–water partition coefficient (Wildman–Crippen LogP) is 12.0. The number of rotatable bonds is 1. The third-order valence-electron chi connectivity index (χ3n) is 8.70. The van der Waals surface area contributed by atoms with Crippen molar-refractivity contribution in [2.24, 2.45) is 0 Å². The van der Waals surface area contributed by atoms with Gasteiger partial charge in [-0.15, -0.1) is 11.3 Å². The molecule has 0 saturated heterocycles. The zero-order valence-electron chi connectivity index (χ0n) is 21.6. The summed E-state index contributed by atoms with van der Waals surface area (Å²) in [6, 6.07) is 44.5. The topological polar surface area (TPSA) is 0 Å². The van der Waals surface area contributed by atoms with Gasteiger partial charge in [-0.2, -0.15) is 0 Å². The van der Waals surface area contributed by atoms with Crippen LogP contribution in [0.25, 0.3) is 42.4 Å². The van der Waals surface area contributed by atoms with Crippen LogP contribution in [0, 0.1) is 0 Å². The lowest BCUT2D eigenvalue weighted by Gasteiger charge is -2.39. The van der Waals surface area contributed by atoms with Crippen LogP contribution >= 0.6 is 50.6 Å². The van der Waals surface area contributed by atoms with Crippen LogP contribution in [0.5, 0.6) is 0 Å². The van der Waals surface area contributed by atoms with E-state index in [-0.39, 0.29) is 0 Å². The minimum Gasteiger partial charge on any atom is -0.134 e. The molecule has 1 aromatic heterocycles. The molecule has 1 aliphatic heterocycles. The highest BCUT2D eigenvalue weighted by Crippen LogP contribution is 2.63. The molecule has 0 atom stereocenters. The van der Waals surface area contributed by atoms with Crippen LogP contribution in [-0.2, 0) is 5.41 Å². The normalized spacial score (nSPS) is 14.2. The van der Waals surface area contributed by atoms with Gasteiger partial charge in [-0.3, -0.25) is 0 Å². The van der Waals surface area contributed by atoms with E-state index in [2.05, 4.69) is 131 Å². The first-order chi connectivity index (χ1) is 20.2. The number of halogens is 2. The van der Waals surface area contributed by atoms with E-state index in [1.54, 1.807) is 0 Å². The molecule has 41 heavy (non-hydrogen) atoms. The Hall–Kier alpha value is -3.34. The highest BCUT2D eigenvalue weighted by molar-refractivity contribution is 9.10. The van der Waals surface area contributed by atoms with Crippen LogP contribution in [0.2, 0.25) is 5.02 Å². The van der Waals surface area contributed by atoms with E-state index in [0.29, 0.717) is 0 Å². The number of benzene rings is 6. The third-order valence-corrected chi connectivity index (χ3v) is 12.3. The van der Waals surface area contributed by atoms with Gasteiger partial charge in [0, 0.05) is 45.0 Å². The monoisotopic (exact) mass is 642 g/mol. The number of hydrogen-bond donors (Lipinski definition) is 0. The van der Waals surface area contributed by atoms with Crippen LogP contribution in [0.1, 0.15) is 22.3 Å². The van der Waals surface area contributed by atoms with Crippen molar-refractivity contribution in [3.63, 3.8) is 0 Å².